The largest absolute Gasteiger partial charge is 0.363 e. The lowest BCUT2D eigenvalue weighted by Crippen LogP contribution is -2.39. The van der Waals surface area contributed by atoms with Gasteiger partial charge in [0.05, 0.1) is 16.1 Å². The van der Waals surface area contributed by atoms with Crippen LogP contribution in [-0.2, 0) is 0 Å². The maximum atomic E-state index is 2.46. The summed E-state index contributed by atoms with van der Waals surface area (Å²) >= 11 is 1.94. The number of fused-ring (bicyclic) bond motifs is 2. The number of unbranched alkanes of at least 4 members (excludes halogenated alkanes) is 1. The van der Waals surface area contributed by atoms with Crippen molar-refractivity contribution in [3.8, 4) is 0 Å². The van der Waals surface area contributed by atoms with E-state index < -0.39 is 0 Å². The van der Waals surface area contributed by atoms with Gasteiger partial charge in [-0.1, -0.05) is 61.9 Å². The van der Waals surface area contributed by atoms with Crippen LogP contribution < -0.4 is 9.80 Å². The predicted octanol–water partition coefficient (Wildman–Crippen LogP) is 6.82. The van der Waals surface area contributed by atoms with E-state index in [0.717, 1.165) is 6.42 Å². The van der Waals surface area contributed by atoms with E-state index in [0.29, 0.717) is 0 Å². The molecular formula is C28H29BN2S. The Balaban J connectivity index is 1.63. The molecule has 0 saturated heterocycles. The number of thioether (sulfide) groups is 1. The summed E-state index contributed by atoms with van der Waals surface area (Å²) in [7, 11) is 4.54. The van der Waals surface area contributed by atoms with Gasteiger partial charge in [0.15, 0.2) is 7.85 Å². The minimum Gasteiger partial charge on any atom is -0.363 e. The molecule has 0 bridgehead atoms. The summed E-state index contributed by atoms with van der Waals surface area (Å²) in [5.74, 6) is 0. The van der Waals surface area contributed by atoms with Gasteiger partial charge in [-0.2, -0.15) is 0 Å². The monoisotopic (exact) mass is 436 g/mol. The molecule has 3 aromatic rings. The molecule has 5 rings (SSSR count). The Kier molecular flexibility index (Phi) is 5.65. The summed E-state index contributed by atoms with van der Waals surface area (Å²) in [6, 6.07) is 28.3. The lowest BCUT2D eigenvalue weighted by Gasteiger charge is -2.36. The van der Waals surface area contributed by atoms with Crippen LogP contribution in [0.5, 0.6) is 0 Å². The zero-order valence-electron chi connectivity index (χ0n) is 19.1. The number of hydrogen-bond donors (Lipinski definition) is 0. The highest BCUT2D eigenvalue weighted by atomic mass is 32.2. The standard InChI is InChI=1S/C28H29BN2S/c1-3-4-12-23-19-21(20-28(29)30(2)26-17-10-11-18-27(26)32-28)24-15-8-9-16-25(24)31(23)22-13-6-5-7-14-22/h5-11,13-20H,3-4,12,29H2,1-2H3/b21-20-. The smallest absolute Gasteiger partial charge is 0.154 e. The third kappa shape index (κ3) is 3.67. The number of para-hydroxylation sites is 3. The van der Waals surface area contributed by atoms with E-state index in [4.69, 9.17) is 0 Å². The van der Waals surface area contributed by atoms with Crippen LogP contribution in [0.1, 0.15) is 31.7 Å². The van der Waals surface area contributed by atoms with E-state index >= 15 is 0 Å². The van der Waals surface area contributed by atoms with Crippen molar-refractivity contribution in [1.82, 2.24) is 0 Å². The molecule has 0 aromatic heterocycles. The SMILES string of the molecule is BC1(/C=C2/C=C(CCCC)N(c3ccccc3)c3ccccc32)Sc2ccccc2N1C. The first-order chi connectivity index (χ1) is 15.6. The van der Waals surface area contributed by atoms with Crippen molar-refractivity contribution in [3.63, 3.8) is 0 Å². The Morgan fingerprint density at radius 1 is 0.906 bits per heavy atom. The van der Waals surface area contributed by atoms with Crippen molar-refractivity contribution in [1.29, 1.82) is 0 Å². The molecular weight excluding hydrogens is 407 g/mol. The minimum absolute atomic E-state index is 0.132. The number of rotatable bonds is 5. The third-order valence-electron chi connectivity index (χ3n) is 6.50. The Morgan fingerprint density at radius 3 is 2.34 bits per heavy atom. The van der Waals surface area contributed by atoms with Crippen LogP contribution in [-0.4, -0.2) is 19.7 Å². The lowest BCUT2D eigenvalue weighted by atomic mass is 9.86. The van der Waals surface area contributed by atoms with Crippen LogP contribution in [0, 0.1) is 0 Å². The van der Waals surface area contributed by atoms with Crippen LogP contribution in [0.15, 0.2) is 102 Å². The third-order valence-corrected chi connectivity index (χ3v) is 7.87. The Hall–Kier alpha value is -2.85. The molecule has 4 heteroatoms. The highest BCUT2D eigenvalue weighted by Crippen LogP contribution is 2.50. The van der Waals surface area contributed by atoms with Gasteiger partial charge in [-0.15, -0.1) is 11.8 Å². The quantitative estimate of drug-likeness (QED) is 0.405. The lowest BCUT2D eigenvalue weighted by molar-refractivity contribution is 0.773. The average molecular weight is 436 g/mol. The first-order valence-corrected chi connectivity index (χ1v) is 12.3. The van der Waals surface area contributed by atoms with Crippen LogP contribution in [0.25, 0.3) is 5.57 Å². The molecule has 2 aliphatic rings. The molecule has 32 heavy (non-hydrogen) atoms. The maximum Gasteiger partial charge on any atom is 0.154 e. The second-order valence-electron chi connectivity index (χ2n) is 8.71. The maximum absolute atomic E-state index is 2.46. The van der Waals surface area contributed by atoms with Gasteiger partial charge in [-0.05, 0) is 60.9 Å². The van der Waals surface area contributed by atoms with Gasteiger partial charge in [-0.25, -0.2) is 0 Å². The van der Waals surface area contributed by atoms with E-state index in [-0.39, 0.29) is 4.77 Å². The zero-order valence-corrected chi connectivity index (χ0v) is 19.9. The summed E-state index contributed by atoms with van der Waals surface area (Å²) in [5, 5.41) is 0. The molecule has 0 fully saturated rings. The predicted molar refractivity (Wildman–Crippen MR) is 143 cm³/mol. The van der Waals surface area contributed by atoms with Crippen molar-refractivity contribution in [2.24, 2.45) is 0 Å². The summed E-state index contributed by atoms with van der Waals surface area (Å²) < 4.78 is -0.132. The number of benzene rings is 3. The van der Waals surface area contributed by atoms with E-state index in [1.807, 2.05) is 11.8 Å². The second-order valence-corrected chi connectivity index (χ2v) is 10.2. The molecule has 160 valence electrons. The van der Waals surface area contributed by atoms with Crippen molar-refractivity contribution < 1.29 is 0 Å². The number of allylic oxidation sites excluding steroid dienone is 3. The fourth-order valence-electron chi connectivity index (χ4n) is 4.70. The van der Waals surface area contributed by atoms with E-state index in [1.54, 1.807) is 0 Å². The normalized spacial score (nSPS) is 20.8. The van der Waals surface area contributed by atoms with Crippen LogP contribution in [0.2, 0.25) is 0 Å². The summed E-state index contributed by atoms with van der Waals surface area (Å²) in [6.45, 7) is 2.27. The number of hydrogen-bond acceptors (Lipinski definition) is 3. The molecule has 0 N–H and O–H groups in total. The fraction of sp³-hybridized carbons (Fsp3) is 0.214. The highest BCUT2D eigenvalue weighted by molar-refractivity contribution is 8.02. The first-order valence-electron chi connectivity index (χ1n) is 11.5. The zero-order chi connectivity index (χ0) is 22.1. The van der Waals surface area contributed by atoms with Crippen LogP contribution >= 0.6 is 11.8 Å². The van der Waals surface area contributed by atoms with Crippen LogP contribution in [0.3, 0.4) is 0 Å². The fourth-order valence-corrected chi connectivity index (χ4v) is 6.02. The number of anilines is 3. The molecule has 0 radical (unpaired) electrons. The molecule has 3 aromatic carbocycles. The molecule has 2 heterocycles. The Labute approximate surface area is 197 Å². The molecule has 2 nitrogen and oxygen atoms in total. The second kappa shape index (κ2) is 8.59. The van der Waals surface area contributed by atoms with E-state index in [1.165, 1.54) is 51.6 Å². The van der Waals surface area contributed by atoms with Gasteiger partial charge in [0.25, 0.3) is 0 Å². The van der Waals surface area contributed by atoms with Gasteiger partial charge in [0, 0.05) is 28.9 Å². The number of likely N-dealkylation sites (N-methyl/N-ethyl adjacent to an activating group) is 1. The molecule has 1 atom stereocenters. The Morgan fingerprint density at radius 2 is 1.59 bits per heavy atom. The van der Waals surface area contributed by atoms with Gasteiger partial charge >= 0.3 is 0 Å². The van der Waals surface area contributed by atoms with Crippen molar-refractivity contribution in [2.45, 2.75) is 35.9 Å². The molecule has 2 aliphatic heterocycles. The van der Waals surface area contributed by atoms with Crippen molar-refractivity contribution in [3.05, 3.63) is 102 Å². The molecule has 0 saturated carbocycles. The molecule has 0 spiro atoms. The average Bonchev–Trinajstić information content (AvgIpc) is 3.08. The van der Waals surface area contributed by atoms with Gasteiger partial charge < -0.3 is 9.80 Å². The summed E-state index contributed by atoms with van der Waals surface area (Å²) in [6.07, 6.45) is 8.32. The molecule has 1 unspecified atom stereocenters. The van der Waals surface area contributed by atoms with Crippen LogP contribution in [0.4, 0.5) is 17.1 Å². The van der Waals surface area contributed by atoms with Gasteiger partial charge in [0.1, 0.15) is 0 Å². The summed E-state index contributed by atoms with van der Waals surface area (Å²) in [5.41, 5.74) is 7.78. The van der Waals surface area contributed by atoms with E-state index in [9.17, 15) is 0 Å². The topological polar surface area (TPSA) is 6.48 Å². The Bertz CT molecular complexity index is 1190. The molecule has 0 aliphatic carbocycles. The van der Waals surface area contributed by atoms with Gasteiger partial charge in [-0.3, -0.25) is 0 Å². The molecule has 0 amide bonds. The minimum atomic E-state index is -0.132. The summed E-state index contributed by atoms with van der Waals surface area (Å²) in [4.78, 5) is 6.20. The van der Waals surface area contributed by atoms with E-state index in [2.05, 4.69) is 123 Å². The van der Waals surface area contributed by atoms with Gasteiger partial charge in [0.2, 0.25) is 0 Å². The van der Waals surface area contributed by atoms with Crippen molar-refractivity contribution in [2.75, 3.05) is 16.8 Å². The van der Waals surface area contributed by atoms with Crippen molar-refractivity contribution >= 4 is 42.2 Å². The highest BCUT2D eigenvalue weighted by Gasteiger charge is 2.37. The number of nitrogens with zero attached hydrogens (tertiary/aromatic N) is 2. The first kappa shape index (κ1) is 21.0.